The van der Waals surface area contributed by atoms with Gasteiger partial charge in [-0.2, -0.15) is 11.8 Å². The van der Waals surface area contributed by atoms with E-state index in [0.717, 1.165) is 30.2 Å². The van der Waals surface area contributed by atoms with Gasteiger partial charge in [0, 0.05) is 41.7 Å². The summed E-state index contributed by atoms with van der Waals surface area (Å²) >= 11 is 1.78. The third-order valence-electron chi connectivity index (χ3n) is 3.38. The van der Waals surface area contributed by atoms with Crippen LogP contribution in [0.3, 0.4) is 0 Å². The molecule has 1 unspecified atom stereocenters. The molecule has 0 radical (unpaired) electrons. The highest BCUT2D eigenvalue weighted by Gasteiger charge is 2.25. The third-order valence-corrected chi connectivity index (χ3v) is 6.28. The number of carbonyl (C=O) groups excluding carboxylic acids is 1. The quantitative estimate of drug-likeness (QED) is 0.674. The van der Waals surface area contributed by atoms with Gasteiger partial charge >= 0.3 is 0 Å². The monoisotopic (exact) mass is 425 g/mol. The standard InChI is InChI=1S/C16H24FN3O3S2.ClH/c1-16(2,3)20-25(22,23)14-8-11(4-5-13(14)17)19-15(21)9-12-10-24-7-6-18-12;/h4-5,8,12,18,20H,6-7,9-10H2,1-3H3,(H,19,21);1H. The third kappa shape index (κ3) is 7.03. The first-order valence-electron chi connectivity index (χ1n) is 8.01. The number of carbonyl (C=O) groups is 1. The molecule has 1 aliphatic rings. The van der Waals surface area contributed by atoms with Gasteiger partial charge in [0.05, 0.1) is 0 Å². The predicted molar refractivity (Wildman–Crippen MR) is 106 cm³/mol. The van der Waals surface area contributed by atoms with Crippen LogP contribution in [0.2, 0.25) is 0 Å². The molecule has 0 aliphatic carbocycles. The number of rotatable bonds is 5. The highest BCUT2D eigenvalue weighted by atomic mass is 35.5. The minimum Gasteiger partial charge on any atom is -0.326 e. The molecule has 1 amide bonds. The summed E-state index contributed by atoms with van der Waals surface area (Å²) in [5.41, 5.74) is -0.487. The van der Waals surface area contributed by atoms with E-state index in [0.29, 0.717) is 0 Å². The molecule has 0 spiro atoms. The summed E-state index contributed by atoms with van der Waals surface area (Å²) in [6.07, 6.45) is 0.284. The maximum atomic E-state index is 14.0. The van der Waals surface area contributed by atoms with Crippen molar-refractivity contribution in [3.05, 3.63) is 24.0 Å². The zero-order chi connectivity index (χ0) is 18.7. The molecule has 1 aromatic carbocycles. The summed E-state index contributed by atoms with van der Waals surface area (Å²) in [6, 6.07) is 3.63. The van der Waals surface area contributed by atoms with Crippen LogP contribution in [0.15, 0.2) is 23.1 Å². The van der Waals surface area contributed by atoms with Crippen LogP contribution >= 0.6 is 24.2 Å². The summed E-state index contributed by atoms with van der Waals surface area (Å²) in [7, 11) is -4.03. The molecule has 0 aromatic heterocycles. The number of benzene rings is 1. The topological polar surface area (TPSA) is 87.3 Å². The number of amides is 1. The van der Waals surface area contributed by atoms with Crippen LogP contribution in [-0.2, 0) is 14.8 Å². The van der Waals surface area contributed by atoms with Gasteiger partial charge in [0.2, 0.25) is 15.9 Å². The van der Waals surface area contributed by atoms with Crippen LogP contribution in [0.5, 0.6) is 0 Å². The molecule has 1 aliphatic heterocycles. The fourth-order valence-corrected chi connectivity index (χ4v) is 4.90. The van der Waals surface area contributed by atoms with Crippen LogP contribution in [0, 0.1) is 5.82 Å². The minimum absolute atomic E-state index is 0. The summed E-state index contributed by atoms with van der Waals surface area (Å²) in [4.78, 5) is 11.7. The van der Waals surface area contributed by atoms with Gasteiger partial charge in [-0.25, -0.2) is 17.5 Å². The lowest BCUT2D eigenvalue weighted by Crippen LogP contribution is -2.41. The van der Waals surface area contributed by atoms with Crippen molar-refractivity contribution in [2.75, 3.05) is 23.4 Å². The number of anilines is 1. The number of nitrogens with one attached hydrogen (secondary N) is 3. The van der Waals surface area contributed by atoms with Crippen molar-refractivity contribution in [1.29, 1.82) is 0 Å². The van der Waals surface area contributed by atoms with E-state index in [1.54, 1.807) is 32.5 Å². The SMILES string of the molecule is CC(C)(C)NS(=O)(=O)c1cc(NC(=O)CC2CSCCN2)ccc1F.Cl. The average Bonchev–Trinajstić information content (AvgIpc) is 2.47. The molecule has 1 saturated heterocycles. The molecule has 10 heteroatoms. The molecular formula is C16H25ClFN3O3S2. The first-order valence-corrected chi connectivity index (χ1v) is 10.7. The molecular weight excluding hydrogens is 401 g/mol. The predicted octanol–water partition coefficient (Wildman–Crippen LogP) is 2.36. The Morgan fingerprint density at radius 2 is 2.08 bits per heavy atom. The van der Waals surface area contributed by atoms with Gasteiger partial charge < -0.3 is 10.6 Å². The summed E-state index contributed by atoms with van der Waals surface area (Å²) in [5, 5.41) is 5.90. The van der Waals surface area contributed by atoms with Crippen LogP contribution in [0.25, 0.3) is 0 Å². The normalized spacial score (nSPS) is 18.1. The summed E-state index contributed by atoms with van der Waals surface area (Å²) < 4.78 is 41.1. The second-order valence-electron chi connectivity index (χ2n) is 6.98. The Hall–Kier alpha value is -0.870. The van der Waals surface area contributed by atoms with E-state index < -0.39 is 26.3 Å². The van der Waals surface area contributed by atoms with E-state index in [9.17, 15) is 17.6 Å². The molecule has 1 atom stereocenters. The van der Waals surface area contributed by atoms with E-state index in [4.69, 9.17) is 0 Å². The fourth-order valence-electron chi connectivity index (χ4n) is 2.43. The van der Waals surface area contributed by atoms with Crippen LogP contribution in [-0.4, -0.2) is 44.0 Å². The number of sulfonamides is 1. The van der Waals surface area contributed by atoms with Crippen molar-refractivity contribution < 1.29 is 17.6 Å². The first kappa shape index (κ1) is 23.2. The number of hydrogen-bond acceptors (Lipinski definition) is 5. The Morgan fingerprint density at radius 3 is 2.65 bits per heavy atom. The first-order chi connectivity index (χ1) is 11.6. The fraction of sp³-hybridized carbons (Fsp3) is 0.562. The van der Waals surface area contributed by atoms with Crippen molar-refractivity contribution in [3.8, 4) is 0 Å². The molecule has 148 valence electrons. The van der Waals surface area contributed by atoms with E-state index in [2.05, 4.69) is 15.4 Å². The largest absolute Gasteiger partial charge is 0.326 e. The summed E-state index contributed by atoms with van der Waals surface area (Å²) in [6.45, 7) is 5.87. The Balaban J connectivity index is 0.00000338. The number of hydrogen-bond donors (Lipinski definition) is 3. The Morgan fingerprint density at radius 1 is 1.38 bits per heavy atom. The van der Waals surface area contributed by atoms with Gasteiger partial charge in [-0.1, -0.05) is 0 Å². The van der Waals surface area contributed by atoms with Crippen LogP contribution < -0.4 is 15.4 Å². The number of halogens is 2. The maximum absolute atomic E-state index is 14.0. The highest BCUT2D eigenvalue weighted by Crippen LogP contribution is 2.21. The Bertz CT molecular complexity index is 733. The molecule has 0 bridgehead atoms. The lowest BCUT2D eigenvalue weighted by molar-refractivity contribution is -0.116. The van der Waals surface area contributed by atoms with E-state index in [1.807, 2.05) is 0 Å². The van der Waals surface area contributed by atoms with Gasteiger partial charge in [0.25, 0.3) is 0 Å². The van der Waals surface area contributed by atoms with Crippen molar-refractivity contribution in [1.82, 2.24) is 10.0 Å². The molecule has 2 rings (SSSR count). The van der Waals surface area contributed by atoms with E-state index in [1.165, 1.54) is 6.07 Å². The van der Waals surface area contributed by atoms with Crippen molar-refractivity contribution >= 4 is 45.8 Å². The minimum atomic E-state index is -4.03. The zero-order valence-electron chi connectivity index (χ0n) is 15.0. The van der Waals surface area contributed by atoms with Crippen LogP contribution in [0.1, 0.15) is 27.2 Å². The molecule has 0 saturated carbocycles. The van der Waals surface area contributed by atoms with E-state index >= 15 is 0 Å². The zero-order valence-corrected chi connectivity index (χ0v) is 17.4. The maximum Gasteiger partial charge on any atom is 0.244 e. The lowest BCUT2D eigenvalue weighted by Gasteiger charge is -2.22. The molecule has 3 N–H and O–H groups in total. The highest BCUT2D eigenvalue weighted by molar-refractivity contribution is 7.99. The van der Waals surface area contributed by atoms with Gasteiger partial charge in [-0.3, -0.25) is 4.79 Å². The van der Waals surface area contributed by atoms with Crippen molar-refractivity contribution in [2.24, 2.45) is 0 Å². The van der Waals surface area contributed by atoms with Gasteiger partial charge in [0.15, 0.2) is 0 Å². The second kappa shape index (κ2) is 9.36. The molecule has 1 heterocycles. The van der Waals surface area contributed by atoms with Gasteiger partial charge in [-0.05, 0) is 39.0 Å². The average molecular weight is 426 g/mol. The van der Waals surface area contributed by atoms with Crippen LogP contribution in [0.4, 0.5) is 10.1 Å². The molecule has 1 fully saturated rings. The van der Waals surface area contributed by atoms with Gasteiger partial charge in [0.1, 0.15) is 10.7 Å². The number of thioether (sulfide) groups is 1. The molecule has 26 heavy (non-hydrogen) atoms. The second-order valence-corrected chi connectivity index (χ2v) is 9.78. The summed E-state index contributed by atoms with van der Waals surface area (Å²) in [5.74, 6) is 0.781. The smallest absolute Gasteiger partial charge is 0.244 e. The van der Waals surface area contributed by atoms with Crippen molar-refractivity contribution in [3.63, 3.8) is 0 Å². The Labute approximate surface area is 164 Å². The molecule has 1 aromatic rings. The van der Waals surface area contributed by atoms with E-state index in [-0.39, 0.29) is 36.5 Å². The van der Waals surface area contributed by atoms with Gasteiger partial charge in [-0.15, -0.1) is 12.4 Å². The molecule has 6 nitrogen and oxygen atoms in total. The lowest BCUT2D eigenvalue weighted by atomic mass is 10.1. The Kier molecular flexibility index (Phi) is 8.34. The van der Waals surface area contributed by atoms with Crippen molar-refractivity contribution in [2.45, 2.75) is 43.7 Å².